The Morgan fingerprint density at radius 3 is 2.83 bits per heavy atom. The zero-order valence-electron chi connectivity index (χ0n) is 13.1. The van der Waals surface area contributed by atoms with Crippen molar-refractivity contribution >= 4 is 34.1 Å². The highest BCUT2D eigenvalue weighted by molar-refractivity contribution is 6.31. The van der Waals surface area contributed by atoms with Crippen LogP contribution in [0.2, 0.25) is 5.02 Å². The fourth-order valence-electron chi connectivity index (χ4n) is 2.43. The van der Waals surface area contributed by atoms with Gasteiger partial charge in [-0.2, -0.15) is 0 Å². The summed E-state index contributed by atoms with van der Waals surface area (Å²) in [6, 6.07) is 10.2. The minimum Gasteiger partial charge on any atom is -0.505 e. The number of nitrogens with zero attached hydrogens (tertiary/aromatic N) is 1. The SMILES string of the molecule is COc1cc(Cl)c(C)cc1NC(=O)c1ccc2cccnc2c1O. The molecule has 1 aromatic heterocycles. The number of carbonyl (C=O) groups excluding carboxylic acids is 1. The second-order valence-electron chi connectivity index (χ2n) is 5.29. The molecule has 0 bridgehead atoms. The van der Waals surface area contributed by atoms with Crippen LogP contribution in [0.5, 0.6) is 11.5 Å². The Bertz CT molecular complexity index is 941. The Morgan fingerprint density at radius 2 is 2.08 bits per heavy atom. The predicted molar refractivity (Wildman–Crippen MR) is 94.1 cm³/mol. The molecule has 0 saturated carbocycles. The smallest absolute Gasteiger partial charge is 0.259 e. The lowest BCUT2D eigenvalue weighted by atomic mass is 10.1. The number of nitrogens with one attached hydrogen (secondary N) is 1. The number of halogens is 1. The standard InChI is InChI=1S/C18H15ClN2O3/c1-10-8-14(15(24-2)9-13(10)19)21-18(23)12-6-5-11-4-3-7-20-16(11)17(12)22/h3-9,22H,1-2H3,(H,21,23). The summed E-state index contributed by atoms with van der Waals surface area (Å²) in [7, 11) is 1.49. The summed E-state index contributed by atoms with van der Waals surface area (Å²) in [5, 5.41) is 14.4. The number of amides is 1. The van der Waals surface area contributed by atoms with E-state index in [0.717, 1.165) is 10.9 Å². The zero-order valence-corrected chi connectivity index (χ0v) is 13.9. The minimum absolute atomic E-state index is 0.135. The monoisotopic (exact) mass is 342 g/mol. The maximum atomic E-state index is 12.6. The third-order valence-electron chi connectivity index (χ3n) is 3.72. The summed E-state index contributed by atoms with van der Waals surface area (Å²) in [6.07, 6.45) is 1.56. The van der Waals surface area contributed by atoms with E-state index in [-0.39, 0.29) is 11.3 Å². The van der Waals surface area contributed by atoms with Crippen LogP contribution in [0.25, 0.3) is 10.9 Å². The molecule has 2 N–H and O–H groups in total. The van der Waals surface area contributed by atoms with Gasteiger partial charge in [-0.05, 0) is 30.7 Å². The van der Waals surface area contributed by atoms with Gasteiger partial charge < -0.3 is 15.2 Å². The molecule has 0 radical (unpaired) electrons. The number of methoxy groups -OCH3 is 1. The number of aryl methyl sites for hydroxylation is 1. The van der Waals surface area contributed by atoms with Crippen LogP contribution in [0.1, 0.15) is 15.9 Å². The van der Waals surface area contributed by atoms with E-state index in [2.05, 4.69) is 10.3 Å². The summed E-state index contributed by atoms with van der Waals surface area (Å²) in [5.41, 5.74) is 1.79. The second kappa shape index (κ2) is 6.37. The van der Waals surface area contributed by atoms with Crippen LogP contribution in [-0.4, -0.2) is 23.1 Å². The lowest BCUT2D eigenvalue weighted by Crippen LogP contribution is -2.13. The van der Waals surface area contributed by atoms with Gasteiger partial charge >= 0.3 is 0 Å². The van der Waals surface area contributed by atoms with E-state index in [1.807, 2.05) is 13.0 Å². The topological polar surface area (TPSA) is 71.5 Å². The number of benzene rings is 2. The van der Waals surface area contributed by atoms with Gasteiger partial charge in [0.15, 0.2) is 5.75 Å². The average molecular weight is 343 g/mol. The van der Waals surface area contributed by atoms with E-state index in [0.29, 0.717) is 22.0 Å². The predicted octanol–water partition coefficient (Wildman–Crippen LogP) is 4.16. The van der Waals surface area contributed by atoms with Crippen molar-refractivity contribution in [2.24, 2.45) is 0 Å². The maximum Gasteiger partial charge on any atom is 0.259 e. The maximum absolute atomic E-state index is 12.6. The van der Waals surface area contributed by atoms with Gasteiger partial charge in [-0.1, -0.05) is 23.7 Å². The largest absolute Gasteiger partial charge is 0.505 e. The Kier molecular flexibility index (Phi) is 4.27. The molecule has 3 aromatic rings. The van der Waals surface area contributed by atoms with E-state index < -0.39 is 5.91 Å². The molecular weight excluding hydrogens is 328 g/mol. The van der Waals surface area contributed by atoms with E-state index in [1.54, 1.807) is 36.5 Å². The summed E-state index contributed by atoms with van der Waals surface area (Å²) in [4.78, 5) is 16.7. The lowest BCUT2D eigenvalue weighted by molar-refractivity contribution is 0.102. The number of aromatic hydroxyl groups is 1. The van der Waals surface area contributed by atoms with Crippen LogP contribution in [0.3, 0.4) is 0 Å². The lowest BCUT2D eigenvalue weighted by Gasteiger charge is -2.13. The molecule has 3 rings (SSSR count). The molecule has 0 fully saturated rings. The fraction of sp³-hybridized carbons (Fsp3) is 0.111. The van der Waals surface area contributed by atoms with Crippen molar-refractivity contribution in [3.63, 3.8) is 0 Å². The molecule has 1 heterocycles. The Morgan fingerprint density at radius 1 is 1.29 bits per heavy atom. The van der Waals surface area contributed by atoms with Crippen LogP contribution < -0.4 is 10.1 Å². The van der Waals surface area contributed by atoms with Gasteiger partial charge in [0.1, 0.15) is 11.3 Å². The molecule has 0 saturated heterocycles. The summed E-state index contributed by atoms with van der Waals surface area (Å²) < 4.78 is 5.24. The van der Waals surface area contributed by atoms with E-state index in [4.69, 9.17) is 16.3 Å². The highest BCUT2D eigenvalue weighted by Crippen LogP contribution is 2.32. The van der Waals surface area contributed by atoms with Crippen LogP contribution in [0.15, 0.2) is 42.6 Å². The first-order valence-corrected chi connectivity index (χ1v) is 7.61. The van der Waals surface area contributed by atoms with E-state index >= 15 is 0 Å². The number of aromatic nitrogens is 1. The Hall–Kier alpha value is -2.79. The van der Waals surface area contributed by atoms with Crippen LogP contribution in [0.4, 0.5) is 5.69 Å². The number of hydrogen-bond acceptors (Lipinski definition) is 4. The highest BCUT2D eigenvalue weighted by atomic mass is 35.5. The van der Waals surface area contributed by atoms with Gasteiger partial charge in [0.2, 0.25) is 0 Å². The highest BCUT2D eigenvalue weighted by Gasteiger charge is 2.17. The summed E-state index contributed by atoms with van der Waals surface area (Å²) >= 11 is 6.07. The van der Waals surface area contributed by atoms with Gasteiger partial charge in [-0.3, -0.25) is 9.78 Å². The zero-order chi connectivity index (χ0) is 17.3. The average Bonchev–Trinajstić information content (AvgIpc) is 2.58. The molecule has 0 atom stereocenters. The molecule has 0 unspecified atom stereocenters. The molecule has 0 spiro atoms. The number of carbonyl (C=O) groups is 1. The molecule has 1 amide bonds. The number of fused-ring (bicyclic) bond motifs is 1. The molecule has 5 nitrogen and oxygen atoms in total. The number of pyridine rings is 1. The number of hydrogen-bond donors (Lipinski definition) is 2. The molecule has 2 aromatic carbocycles. The first-order chi connectivity index (χ1) is 11.5. The van der Waals surface area contributed by atoms with Crippen molar-refractivity contribution < 1.29 is 14.6 Å². The quantitative estimate of drug-likeness (QED) is 0.749. The van der Waals surface area contributed by atoms with Gasteiger partial charge in [0, 0.05) is 22.7 Å². The van der Waals surface area contributed by atoms with Crippen LogP contribution in [-0.2, 0) is 0 Å². The van der Waals surface area contributed by atoms with E-state index in [1.165, 1.54) is 7.11 Å². The van der Waals surface area contributed by atoms with Gasteiger partial charge in [-0.15, -0.1) is 0 Å². The van der Waals surface area contributed by atoms with Crippen molar-refractivity contribution in [3.8, 4) is 11.5 Å². The van der Waals surface area contributed by atoms with Crippen molar-refractivity contribution in [3.05, 3.63) is 58.7 Å². The van der Waals surface area contributed by atoms with Gasteiger partial charge in [0.25, 0.3) is 5.91 Å². The Labute approximate surface area is 143 Å². The third-order valence-corrected chi connectivity index (χ3v) is 4.13. The molecule has 0 aliphatic heterocycles. The molecular formula is C18H15ClN2O3. The van der Waals surface area contributed by atoms with Crippen molar-refractivity contribution in [2.75, 3.05) is 12.4 Å². The summed E-state index contributed by atoms with van der Waals surface area (Å²) in [5.74, 6) is -0.173. The van der Waals surface area contributed by atoms with Crippen LogP contribution >= 0.6 is 11.6 Å². The number of phenols is 1. The van der Waals surface area contributed by atoms with Gasteiger partial charge in [0.05, 0.1) is 18.4 Å². The molecule has 0 aliphatic rings. The normalized spacial score (nSPS) is 10.6. The molecule has 0 aliphatic carbocycles. The van der Waals surface area contributed by atoms with E-state index in [9.17, 15) is 9.90 Å². The third kappa shape index (κ3) is 2.86. The second-order valence-corrected chi connectivity index (χ2v) is 5.70. The van der Waals surface area contributed by atoms with Crippen LogP contribution in [0, 0.1) is 6.92 Å². The number of rotatable bonds is 3. The summed E-state index contributed by atoms with van der Waals surface area (Å²) in [6.45, 7) is 1.83. The van der Waals surface area contributed by atoms with Crippen molar-refractivity contribution in [1.29, 1.82) is 0 Å². The van der Waals surface area contributed by atoms with Crippen molar-refractivity contribution in [2.45, 2.75) is 6.92 Å². The Balaban J connectivity index is 1.99. The first-order valence-electron chi connectivity index (χ1n) is 7.23. The first kappa shape index (κ1) is 16.1. The molecule has 24 heavy (non-hydrogen) atoms. The number of phenolic OH excluding ortho intramolecular Hbond substituents is 1. The molecule has 122 valence electrons. The number of anilines is 1. The fourth-order valence-corrected chi connectivity index (χ4v) is 2.59. The number of ether oxygens (including phenoxy) is 1. The van der Waals surface area contributed by atoms with Crippen molar-refractivity contribution in [1.82, 2.24) is 4.98 Å². The van der Waals surface area contributed by atoms with Gasteiger partial charge in [-0.25, -0.2) is 0 Å². The minimum atomic E-state index is -0.458. The molecule has 6 heteroatoms.